The third-order valence-electron chi connectivity index (χ3n) is 3.21. The maximum Gasteiger partial charge on any atom is 0.420 e. The number of nitrogens with one attached hydrogen (secondary N) is 1. The molecular weight excluding hydrogens is 233 g/mol. The van der Waals surface area contributed by atoms with Crippen molar-refractivity contribution in [3.63, 3.8) is 0 Å². The van der Waals surface area contributed by atoms with E-state index in [9.17, 15) is 18.3 Å². The van der Waals surface area contributed by atoms with Gasteiger partial charge in [-0.1, -0.05) is 20.4 Å². The molecule has 100 valence electrons. The monoisotopic (exact) mass is 252 g/mol. The zero-order chi connectivity index (χ0) is 13.4. The summed E-state index contributed by atoms with van der Waals surface area (Å²) < 4.78 is 37.2. The van der Waals surface area contributed by atoms with E-state index in [1.54, 1.807) is 0 Å². The van der Waals surface area contributed by atoms with Crippen molar-refractivity contribution >= 4 is 0 Å². The predicted molar refractivity (Wildman–Crippen MR) is 59.2 cm³/mol. The molecule has 0 aromatic rings. The number of nitrogens with zero attached hydrogens (tertiary/aromatic N) is 1. The van der Waals surface area contributed by atoms with Crippen LogP contribution in [0.5, 0.6) is 0 Å². The topological polar surface area (TPSA) is 35.5 Å². The highest BCUT2D eigenvalue weighted by atomic mass is 19.4. The lowest BCUT2D eigenvalue weighted by molar-refractivity contribution is -0.297. The minimum atomic E-state index is -4.58. The van der Waals surface area contributed by atoms with Crippen LogP contribution in [0.3, 0.4) is 0 Å². The third-order valence-corrected chi connectivity index (χ3v) is 3.21. The normalized spacial score (nSPS) is 21.1. The van der Waals surface area contributed by atoms with Crippen molar-refractivity contribution in [2.75, 3.05) is 13.1 Å². The van der Waals surface area contributed by atoms with E-state index in [1.807, 2.05) is 20.8 Å². The van der Waals surface area contributed by atoms with Crippen LogP contribution in [0.2, 0.25) is 0 Å². The summed E-state index contributed by atoms with van der Waals surface area (Å²) in [5.74, 6) is 0.787. The zero-order valence-corrected chi connectivity index (χ0v) is 10.3. The quantitative estimate of drug-likeness (QED) is 0.799. The fourth-order valence-corrected chi connectivity index (χ4v) is 1.48. The number of hydrogen-bond donors (Lipinski definition) is 2. The van der Waals surface area contributed by atoms with Gasteiger partial charge in [0.25, 0.3) is 0 Å². The van der Waals surface area contributed by atoms with Gasteiger partial charge in [-0.3, -0.25) is 0 Å². The zero-order valence-electron chi connectivity index (χ0n) is 10.3. The van der Waals surface area contributed by atoms with Gasteiger partial charge in [-0.05, 0) is 12.8 Å². The highest BCUT2D eigenvalue weighted by Gasteiger charge is 2.61. The van der Waals surface area contributed by atoms with Crippen LogP contribution in [-0.4, -0.2) is 40.9 Å². The summed E-state index contributed by atoms with van der Waals surface area (Å²) in [6.07, 6.45) is -4.58. The molecule has 0 aromatic carbocycles. The fraction of sp³-hybridized carbons (Fsp3) is 0.818. The Bertz CT molecular complexity index is 296. The van der Waals surface area contributed by atoms with Gasteiger partial charge in [0.05, 0.1) is 18.9 Å². The summed E-state index contributed by atoms with van der Waals surface area (Å²) in [4.78, 5) is 1.40. The van der Waals surface area contributed by atoms with Crippen molar-refractivity contribution in [3.05, 3.63) is 12.4 Å². The number of alkyl halides is 3. The van der Waals surface area contributed by atoms with Gasteiger partial charge in [0, 0.05) is 6.04 Å². The van der Waals surface area contributed by atoms with Gasteiger partial charge in [-0.25, -0.2) is 0 Å². The van der Waals surface area contributed by atoms with E-state index in [1.165, 1.54) is 4.90 Å². The molecule has 3 nitrogen and oxygen atoms in total. The Morgan fingerprint density at radius 2 is 1.82 bits per heavy atom. The van der Waals surface area contributed by atoms with Crippen LogP contribution in [-0.2, 0) is 0 Å². The van der Waals surface area contributed by atoms with Crippen molar-refractivity contribution in [3.8, 4) is 0 Å². The number of β-amino-alcohol motifs (C(OH)–C–C–N with tert-alkyl or cyclic N) is 1. The fourth-order valence-electron chi connectivity index (χ4n) is 1.48. The molecule has 1 saturated heterocycles. The molecule has 1 atom stereocenters. The summed E-state index contributed by atoms with van der Waals surface area (Å²) in [5, 5.41) is 12.3. The maximum absolute atomic E-state index is 12.4. The Morgan fingerprint density at radius 3 is 2.18 bits per heavy atom. The maximum atomic E-state index is 12.4. The van der Waals surface area contributed by atoms with Gasteiger partial charge in [0.2, 0.25) is 0 Å². The van der Waals surface area contributed by atoms with Crippen molar-refractivity contribution in [1.29, 1.82) is 0 Å². The molecule has 2 N–H and O–H groups in total. The summed E-state index contributed by atoms with van der Waals surface area (Å²) in [5.41, 5.74) is -2.58. The number of halogens is 3. The molecule has 1 heterocycles. The molecule has 0 amide bonds. The van der Waals surface area contributed by atoms with Gasteiger partial charge in [0.1, 0.15) is 0 Å². The van der Waals surface area contributed by atoms with Crippen LogP contribution < -0.4 is 5.32 Å². The van der Waals surface area contributed by atoms with Gasteiger partial charge in [-0.15, -0.1) is 0 Å². The van der Waals surface area contributed by atoms with Crippen LogP contribution in [0.25, 0.3) is 0 Å². The lowest BCUT2D eigenvalue weighted by Gasteiger charge is -2.49. The Labute approximate surface area is 99.3 Å². The molecule has 1 rings (SSSR count). The molecule has 0 unspecified atom stereocenters. The lowest BCUT2D eigenvalue weighted by atomic mass is 9.93. The van der Waals surface area contributed by atoms with Crippen LogP contribution in [0.1, 0.15) is 20.8 Å². The van der Waals surface area contributed by atoms with Crippen molar-refractivity contribution in [1.82, 2.24) is 10.2 Å². The van der Waals surface area contributed by atoms with Gasteiger partial charge >= 0.3 is 6.18 Å². The molecule has 1 aliphatic rings. The molecule has 0 bridgehead atoms. The molecule has 0 aromatic heterocycles. The lowest BCUT2D eigenvalue weighted by Crippen LogP contribution is -2.69. The minimum absolute atomic E-state index is 0.127. The van der Waals surface area contributed by atoms with E-state index in [2.05, 4.69) is 11.9 Å². The Balaban J connectivity index is 2.46. The molecule has 17 heavy (non-hydrogen) atoms. The van der Waals surface area contributed by atoms with Crippen LogP contribution in [0.15, 0.2) is 12.4 Å². The predicted octanol–water partition coefficient (Wildman–Crippen LogP) is 1.70. The Kier molecular flexibility index (Phi) is 3.66. The molecule has 6 heteroatoms. The number of hydrogen-bond acceptors (Lipinski definition) is 3. The Morgan fingerprint density at radius 1 is 1.35 bits per heavy atom. The molecule has 1 aliphatic heterocycles. The number of likely N-dealkylation sites (tertiary alicyclic amines) is 1. The standard InChI is InChI=1S/C11H19F3N2O/c1-7(2)8(3)15-9(4)16-5-10(17,6-16)11(12,13)14/h7-8,15,17H,4-6H2,1-3H3/t8-/m1/s1. The van der Waals surface area contributed by atoms with Crippen molar-refractivity contribution < 1.29 is 18.3 Å². The largest absolute Gasteiger partial charge is 0.420 e. The van der Waals surface area contributed by atoms with Gasteiger partial charge < -0.3 is 15.3 Å². The first kappa shape index (κ1) is 14.2. The second kappa shape index (κ2) is 4.40. The smallest absolute Gasteiger partial charge is 0.378 e. The second-order valence-electron chi connectivity index (χ2n) is 5.01. The summed E-state index contributed by atoms with van der Waals surface area (Å²) in [7, 11) is 0. The average molecular weight is 252 g/mol. The molecular formula is C11H19F3N2O. The molecule has 0 aliphatic carbocycles. The van der Waals surface area contributed by atoms with Gasteiger partial charge in [0.15, 0.2) is 5.60 Å². The Hall–Kier alpha value is -0.910. The van der Waals surface area contributed by atoms with E-state index in [0.29, 0.717) is 11.7 Å². The first-order valence-electron chi connectivity index (χ1n) is 5.56. The van der Waals surface area contributed by atoms with Crippen LogP contribution in [0, 0.1) is 5.92 Å². The molecule has 0 spiro atoms. The molecule has 1 fully saturated rings. The van der Waals surface area contributed by atoms with Crippen molar-refractivity contribution in [2.45, 2.75) is 38.6 Å². The first-order valence-corrected chi connectivity index (χ1v) is 5.56. The van der Waals surface area contributed by atoms with Gasteiger partial charge in [-0.2, -0.15) is 13.2 Å². The molecule has 0 radical (unpaired) electrons. The van der Waals surface area contributed by atoms with E-state index in [0.717, 1.165) is 0 Å². The number of aliphatic hydroxyl groups is 1. The minimum Gasteiger partial charge on any atom is -0.378 e. The first-order chi connectivity index (χ1) is 7.57. The summed E-state index contributed by atoms with van der Waals surface area (Å²) in [6.45, 7) is 8.73. The summed E-state index contributed by atoms with van der Waals surface area (Å²) >= 11 is 0. The summed E-state index contributed by atoms with van der Waals surface area (Å²) in [6, 6.07) is 0.127. The number of rotatable bonds is 4. The van der Waals surface area contributed by atoms with Crippen LogP contribution in [0.4, 0.5) is 13.2 Å². The highest BCUT2D eigenvalue weighted by molar-refractivity contribution is 5.09. The van der Waals surface area contributed by atoms with Crippen molar-refractivity contribution in [2.24, 2.45) is 5.92 Å². The second-order valence-corrected chi connectivity index (χ2v) is 5.01. The highest BCUT2D eigenvalue weighted by Crippen LogP contribution is 2.38. The van der Waals surface area contributed by atoms with E-state index >= 15 is 0 Å². The average Bonchev–Trinajstić information content (AvgIpc) is 2.10. The third kappa shape index (κ3) is 2.86. The van der Waals surface area contributed by atoms with E-state index < -0.39 is 24.9 Å². The van der Waals surface area contributed by atoms with E-state index in [4.69, 9.17) is 0 Å². The SMILES string of the molecule is C=C(N[C@H](C)C(C)C)N1CC(O)(C(F)(F)F)C1. The van der Waals surface area contributed by atoms with Crippen LogP contribution >= 0.6 is 0 Å². The van der Waals surface area contributed by atoms with E-state index in [-0.39, 0.29) is 6.04 Å². The molecule has 0 saturated carbocycles.